The molecule has 1 N–H and O–H groups in total. The van der Waals surface area contributed by atoms with Crippen LogP contribution in [-0.2, 0) is 6.54 Å². The van der Waals surface area contributed by atoms with E-state index in [0.717, 1.165) is 21.7 Å². The van der Waals surface area contributed by atoms with Gasteiger partial charge in [-0.2, -0.15) is 0 Å². The summed E-state index contributed by atoms with van der Waals surface area (Å²) in [5.41, 5.74) is 4.65. The van der Waals surface area contributed by atoms with Gasteiger partial charge in [-0.3, -0.25) is 0 Å². The fourth-order valence-corrected chi connectivity index (χ4v) is 2.33. The Labute approximate surface area is 121 Å². The van der Waals surface area contributed by atoms with Crippen LogP contribution in [0.1, 0.15) is 16.7 Å². The van der Waals surface area contributed by atoms with Gasteiger partial charge in [0, 0.05) is 11.0 Å². The molecule has 3 heteroatoms. The molecule has 0 amide bonds. The van der Waals surface area contributed by atoms with Crippen molar-refractivity contribution in [1.82, 2.24) is 0 Å². The fourth-order valence-electron chi connectivity index (χ4n) is 1.72. The van der Waals surface area contributed by atoms with Crippen molar-refractivity contribution < 1.29 is 0 Å². The molecule has 18 heavy (non-hydrogen) atoms. The topological polar surface area (TPSA) is 12.0 Å². The number of anilines is 1. The molecule has 0 aliphatic rings. The highest BCUT2D eigenvalue weighted by Crippen LogP contribution is 2.24. The molecule has 0 saturated heterocycles. The van der Waals surface area contributed by atoms with E-state index in [2.05, 4.69) is 59.4 Å². The maximum atomic E-state index is 6.15. The van der Waals surface area contributed by atoms with Crippen LogP contribution in [0.15, 0.2) is 40.9 Å². The summed E-state index contributed by atoms with van der Waals surface area (Å²) in [7, 11) is 0. The summed E-state index contributed by atoms with van der Waals surface area (Å²) in [6, 6.07) is 12.4. The Morgan fingerprint density at radius 3 is 2.61 bits per heavy atom. The van der Waals surface area contributed by atoms with E-state index in [4.69, 9.17) is 11.6 Å². The molecule has 2 rings (SSSR count). The first-order chi connectivity index (χ1) is 8.56. The number of halogens is 2. The molecule has 2 aromatic carbocycles. The predicted molar refractivity (Wildman–Crippen MR) is 82.4 cm³/mol. The van der Waals surface area contributed by atoms with Gasteiger partial charge >= 0.3 is 0 Å². The molecule has 94 valence electrons. The summed E-state index contributed by atoms with van der Waals surface area (Å²) in [6.07, 6.45) is 0. The molecule has 0 atom stereocenters. The zero-order valence-corrected chi connectivity index (χ0v) is 12.8. The van der Waals surface area contributed by atoms with Crippen molar-refractivity contribution in [2.24, 2.45) is 0 Å². The molecule has 0 aliphatic heterocycles. The number of hydrogen-bond donors (Lipinski definition) is 1. The van der Waals surface area contributed by atoms with E-state index in [1.54, 1.807) is 0 Å². The third kappa shape index (κ3) is 3.27. The number of hydrogen-bond acceptors (Lipinski definition) is 1. The third-order valence-electron chi connectivity index (χ3n) is 2.84. The second-order valence-corrected chi connectivity index (χ2v) is 5.68. The minimum absolute atomic E-state index is 0.756. The first-order valence-electron chi connectivity index (χ1n) is 5.81. The molecule has 0 radical (unpaired) electrons. The minimum Gasteiger partial charge on any atom is -0.380 e. The van der Waals surface area contributed by atoms with Gasteiger partial charge in [0.1, 0.15) is 0 Å². The van der Waals surface area contributed by atoms with Crippen LogP contribution in [0.3, 0.4) is 0 Å². The summed E-state index contributed by atoms with van der Waals surface area (Å²) in [5, 5.41) is 4.12. The third-order valence-corrected chi connectivity index (χ3v) is 4.02. The van der Waals surface area contributed by atoms with E-state index < -0.39 is 0 Å². The number of benzene rings is 2. The van der Waals surface area contributed by atoms with E-state index >= 15 is 0 Å². The molecule has 2 aromatic rings. The molecule has 0 saturated carbocycles. The van der Waals surface area contributed by atoms with Gasteiger partial charge in [0.25, 0.3) is 0 Å². The Balaban J connectivity index is 2.11. The molecule has 0 bridgehead atoms. The summed E-state index contributed by atoms with van der Waals surface area (Å²) >= 11 is 9.69. The Bertz CT molecular complexity index is 566. The van der Waals surface area contributed by atoms with Crippen LogP contribution in [0, 0.1) is 13.8 Å². The summed E-state index contributed by atoms with van der Waals surface area (Å²) < 4.78 is 1.14. The monoisotopic (exact) mass is 323 g/mol. The Morgan fingerprint density at radius 1 is 1.11 bits per heavy atom. The molecule has 0 spiro atoms. The van der Waals surface area contributed by atoms with Crippen molar-refractivity contribution in [2.75, 3.05) is 5.32 Å². The number of aryl methyl sites for hydroxylation is 2. The van der Waals surface area contributed by atoms with Crippen LogP contribution in [0.25, 0.3) is 0 Å². The van der Waals surface area contributed by atoms with Crippen molar-refractivity contribution in [3.63, 3.8) is 0 Å². The van der Waals surface area contributed by atoms with Crippen LogP contribution in [0.4, 0.5) is 5.69 Å². The highest BCUT2D eigenvalue weighted by molar-refractivity contribution is 9.10. The van der Waals surface area contributed by atoms with Crippen LogP contribution in [0.2, 0.25) is 5.02 Å². The van der Waals surface area contributed by atoms with Gasteiger partial charge < -0.3 is 5.32 Å². The maximum Gasteiger partial charge on any atom is 0.0637 e. The summed E-state index contributed by atoms with van der Waals surface area (Å²) in [6.45, 7) is 4.91. The van der Waals surface area contributed by atoms with Gasteiger partial charge in [-0.15, -0.1) is 0 Å². The second-order valence-electron chi connectivity index (χ2n) is 4.42. The fraction of sp³-hybridized carbons (Fsp3) is 0.200. The van der Waals surface area contributed by atoms with Gasteiger partial charge in [-0.05, 0) is 48.7 Å². The van der Waals surface area contributed by atoms with E-state index in [1.165, 1.54) is 16.7 Å². The standard InChI is InChI=1S/C15H15BrClN/c1-10-3-6-14(17)15(7-10)18-9-12-5-4-11(2)13(16)8-12/h3-8,18H,9H2,1-2H3. The van der Waals surface area contributed by atoms with Crippen molar-refractivity contribution >= 4 is 33.2 Å². The highest BCUT2D eigenvalue weighted by atomic mass is 79.9. The normalized spacial score (nSPS) is 10.4. The molecule has 0 fully saturated rings. The minimum atomic E-state index is 0.756. The average molecular weight is 325 g/mol. The van der Waals surface area contributed by atoms with Crippen molar-refractivity contribution in [2.45, 2.75) is 20.4 Å². The van der Waals surface area contributed by atoms with Gasteiger partial charge in [-0.25, -0.2) is 0 Å². The Morgan fingerprint density at radius 2 is 1.89 bits per heavy atom. The van der Waals surface area contributed by atoms with Crippen LogP contribution in [-0.4, -0.2) is 0 Å². The molecule has 0 unspecified atom stereocenters. The van der Waals surface area contributed by atoms with Gasteiger partial charge in [0.2, 0.25) is 0 Å². The first-order valence-corrected chi connectivity index (χ1v) is 6.98. The van der Waals surface area contributed by atoms with Crippen LogP contribution >= 0.6 is 27.5 Å². The molecule has 0 aliphatic carbocycles. The van der Waals surface area contributed by atoms with Gasteiger partial charge in [0.15, 0.2) is 0 Å². The molecular formula is C15H15BrClN. The predicted octanol–water partition coefficient (Wildman–Crippen LogP) is 5.33. The van der Waals surface area contributed by atoms with Crippen molar-refractivity contribution in [3.8, 4) is 0 Å². The zero-order valence-electron chi connectivity index (χ0n) is 10.4. The largest absolute Gasteiger partial charge is 0.380 e. The van der Waals surface area contributed by atoms with E-state index in [-0.39, 0.29) is 0 Å². The van der Waals surface area contributed by atoms with Crippen molar-refractivity contribution in [1.29, 1.82) is 0 Å². The van der Waals surface area contributed by atoms with E-state index in [9.17, 15) is 0 Å². The smallest absolute Gasteiger partial charge is 0.0637 e. The Kier molecular flexibility index (Phi) is 4.31. The lowest BCUT2D eigenvalue weighted by Crippen LogP contribution is -2.00. The summed E-state index contributed by atoms with van der Waals surface area (Å²) in [5.74, 6) is 0. The summed E-state index contributed by atoms with van der Waals surface area (Å²) in [4.78, 5) is 0. The lowest BCUT2D eigenvalue weighted by atomic mass is 10.1. The molecular weight excluding hydrogens is 310 g/mol. The molecule has 0 heterocycles. The molecule has 1 nitrogen and oxygen atoms in total. The van der Waals surface area contributed by atoms with E-state index in [1.807, 2.05) is 12.1 Å². The SMILES string of the molecule is Cc1ccc(Cl)c(NCc2ccc(C)c(Br)c2)c1. The highest BCUT2D eigenvalue weighted by Gasteiger charge is 2.01. The van der Waals surface area contributed by atoms with Gasteiger partial charge in [-0.1, -0.05) is 45.7 Å². The Hall–Kier alpha value is -0.990. The number of rotatable bonds is 3. The van der Waals surface area contributed by atoms with Crippen molar-refractivity contribution in [3.05, 3.63) is 62.6 Å². The zero-order chi connectivity index (χ0) is 13.1. The van der Waals surface area contributed by atoms with E-state index in [0.29, 0.717) is 0 Å². The number of nitrogens with one attached hydrogen (secondary N) is 1. The first kappa shape index (κ1) is 13.4. The van der Waals surface area contributed by atoms with Crippen LogP contribution in [0.5, 0.6) is 0 Å². The lowest BCUT2D eigenvalue weighted by molar-refractivity contribution is 1.14. The molecule has 0 aromatic heterocycles. The average Bonchev–Trinajstić information content (AvgIpc) is 2.34. The second kappa shape index (κ2) is 5.77. The van der Waals surface area contributed by atoms with Crippen LogP contribution < -0.4 is 5.32 Å². The maximum absolute atomic E-state index is 6.15. The lowest BCUT2D eigenvalue weighted by Gasteiger charge is -2.10. The van der Waals surface area contributed by atoms with Gasteiger partial charge in [0.05, 0.1) is 10.7 Å². The quantitative estimate of drug-likeness (QED) is 0.804.